The number of morpholine rings is 1. The predicted octanol–water partition coefficient (Wildman–Crippen LogP) is 1.88. The van der Waals surface area contributed by atoms with Gasteiger partial charge in [-0.3, -0.25) is 0 Å². The van der Waals surface area contributed by atoms with E-state index in [-0.39, 0.29) is 0 Å². The number of methoxy groups -OCH3 is 1. The summed E-state index contributed by atoms with van der Waals surface area (Å²) in [5.74, 6) is 0.721. The lowest BCUT2D eigenvalue weighted by molar-refractivity contribution is 0.0770. The van der Waals surface area contributed by atoms with Crippen LogP contribution in [0.2, 0.25) is 5.02 Å². The Balaban J connectivity index is 2.01. The topological polar surface area (TPSA) is 30.5 Å². The fraction of sp³-hybridized carbons (Fsp3) is 0.500. The predicted molar refractivity (Wildman–Crippen MR) is 64.3 cm³/mol. The van der Waals surface area contributed by atoms with E-state index in [1.165, 1.54) is 5.56 Å². The van der Waals surface area contributed by atoms with Gasteiger partial charge in [-0.05, 0) is 24.1 Å². The second-order valence-electron chi connectivity index (χ2n) is 3.90. The van der Waals surface area contributed by atoms with E-state index in [1.54, 1.807) is 7.11 Å². The molecular formula is C12H16ClNO2. The van der Waals surface area contributed by atoms with Gasteiger partial charge in [-0.15, -0.1) is 0 Å². The first-order valence-electron chi connectivity index (χ1n) is 5.43. The van der Waals surface area contributed by atoms with Crippen molar-refractivity contribution in [1.82, 2.24) is 5.32 Å². The Bertz CT molecular complexity index is 351. The molecule has 0 aromatic heterocycles. The summed E-state index contributed by atoms with van der Waals surface area (Å²) in [6.07, 6.45) is 0.934. The van der Waals surface area contributed by atoms with Gasteiger partial charge < -0.3 is 14.8 Å². The van der Waals surface area contributed by atoms with E-state index in [0.717, 1.165) is 31.9 Å². The summed E-state index contributed by atoms with van der Waals surface area (Å²) in [4.78, 5) is 0. The summed E-state index contributed by atoms with van der Waals surface area (Å²) in [7, 11) is 1.62. The molecule has 1 atom stereocenters. The first-order valence-corrected chi connectivity index (χ1v) is 5.81. The summed E-state index contributed by atoms with van der Waals surface area (Å²) in [5.41, 5.74) is 1.20. The monoisotopic (exact) mass is 241 g/mol. The van der Waals surface area contributed by atoms with Gasteiger partial charge in [-0.1, -0.05) is 17.7 Å². The van der Waals surface area contributed by atoms with E-state index >= 15 is 0 Å². The maximum absolute atomic E-state index is 6.07. The zero-order valence-electron chi connectivity index (χ0n) is 9.33. The fourth-order valence-electron chi connectivity index (χ4n) is 1.87. The average Bonchev–Trinajstić information content (AvgIpc) is 2.31. The molecule has 0 bridgehead atoms. The number of benzene rings is 1. The number of hydrogen-bond donors (Lipinski definition) is 1. The minimum absolute atomic E-state index is 0.387. The molecular weight excluding hydrogens is 226 g/mol. The molecule has 1 unspecified atom stereocenters. The molecule has 4 heteroatoms. The van der Waals surface area contributed by atoms with Crippen LogP contribution in [0.4, 0.5) is 0 Å². The Morgan fingerprint density at radius 3 is 3.06 bits per heavy atom. The third-order valence-corrected chi connectivity index (χ3v) is 2.99. The summed E-state index contributed by atoms with van der Waals surface area (Å²) in [6, 6.07) is 6.29. The molecule has 88 valence electrons. The van der Waals surface area contributed by atoms with E-state index in [2.05, 4.69) is 5.32 Å². The maximum atomic E-state index is 6.07. The second kappa shape index (κ2) is 5.53. The molecule has 1 aliphatic heterocycles. The van der Waals surface area contributed by atoms with Crippen molar-refractivity contribution in [3.63, 3.8) is 0 Å². The summed E-state index contributed by atoms with van der Waals surface area (Å²) in [5, 5.41) is 4.08. The van der Waals surface area contributed by atoms with Gasteiger partial charge in [0.15, 0.2) is 0 Å². The molecule has 0 aliphatic carbocycles. The molecule has 0 saturated carbocycles. The van der Waals surface area contributed by atoms with Gasteiger partial charge in [0.05, 0.1) is 25.3 Å². The molecule has 1 fully saturated rings. The van der Waals surface area contributed by atoms with Crippen molar-refractivity contribution >= 4 is 11.6 Å². The summed E-state index contributed by atoms with van der Waals surface area (Å²) < 4.78 is 10.5. The summed E-state index contributed by atoms with van der Waals surface area (Å²) in [6.45, 7) is 2.50. The zero-order chi connectivity index (χ0) is 11.4. The molecule has 1 saturated heterocycles. The van der Waals surface area contributed by atoms with Gasteiger partial charge in [0, 0.05) is 12.6 Å². The first-order chi connectivity index (χ1) is 7.79. The molecule has 0 radical (unpaired) electrons. The van der Waals surface area contributed by atoms with Crippen LogP contribution in [-0.4, -0.2) is 32.9 Å². The van der Waals surface area contributed by atoms with Crippen LogP contribution in [-0.2, 0) is 11.2 Å². The number of nitrogens with one attached hydrogen (secondary N) is 1. The zero-order valence-corrected chi connectivity index (χ0v) is 10.1. The lowest BCUT2D eigenvalue weighted by Gasteiger charge is -2.23. The van der Waals surface area contributed by atoms with Crippen molar-refractivity contribution in [2.45, 2.75) is 12.5 Å². The summed E-state index contributed by atoms with van der Waals surface area (Å²) >= 11 is 6.07. The van der Waals surface area contributed by atoms with Crippen molar-refractivity contribution in [1.29, 1.82) is 0 Å². The normalized spacial score (nSPS) is 20.8. The van der Waals surface area contributed by atoms with Crippen molar-refractivity contribution in [3.05, 3.63) is 28.8 Å². The Labute approximate surface area is 101 Å². The van der Waals surface area contributed by atoms with Crippen LogP contribution in [0.5, 0.6) is 5.75 Å². The highest BCUT2D eigenvalue weighted by molar-refractivity contribution is 6.32. The quantitative estimate of drug-likeness (QED) is 0.877. The van der Waals surface area contributed by atoms with E-state index in [0.29, 0.717) is 11.1 Å². The Kier molecular flexibility index (Phi) is 4.04. The Morgan fingerprint density at radius 2 is 2.44 bits per heavy atom. The van der Waals surface area contributed by atoms with Crippen LogP contribution in [0.1, 0.15) is 5.56 Å². The standard InChI is InChI=1S/C12H16ClNO2/c1-15-12-3-2-9(7-11(12)13)6-10-8-16-5-4-14-10/h2-3,7,10,14H,4-6,8H2,1H3. The number of halogens is 1. The third-order valence-electron chi connectivity index (χ3n) is 2.70. The first kappa shape index (κ1) is 11.7. The molecule has 1 aromatic carbocycles. The largest absolute Gasteiger partial charge is 0.495 e. The van der Waals surface area contributed by atoms with Crippen LogP contribution >= 0.6 is 11.6 Å². The highest BCUT2D eigenvalue weighted by Gasteiger charge is 2.14. The van der Waals surface area contributed by atoms with Gasteiger partial charge in [0.1, 0.15) is 5.75 Å². The van der Waals surface area contributed by atoms with Crippen LogP contribution in [0.3, 0.4) is 0 Å². The van der Waals surface area contributed by atoms with E-state index < -0.39 is 0 Å². The number of ether oxygens (including phenoxy) is 2. The van der Waals surface area contributed by atoms with E-state index in [4.69, 9.17) is 21.1 Å². The molecule has 2 rings (SSSR count). The van der Waals surface area contributed by atoms with Gasteiger partial charge in [-0.2, -0.15) is 0 Å². The van der Waals surface area contributed by atoms with Crippen molar-refractivity contribution < 1.29 is 9.47 Å². The number of hydrogen-bond acceptors (Lipinski definition) is 3. The number of rotatable bonds is 3. The molecule has 1 aromatic rings. The average molecular weight is 242 g/mol. The Morgan fingerprint density at radius 1 is 1.56 bits per heavy atom. The van der Waals surface area contributed by atoms with Gasteiger partial charge in [-0.25, -0.2) is 0 Å². The second-order valence-corrected chi connectivity index (χ2v) is 4.31. The molecule has 1 aliphatic rings. The lowest BCUT2D eigenvalue weighted by atomic mass is 10.1. The Hall–Kier alpha value is -0.770. The lowest BCUT2D eigenvalue weighted by Crippen LogP contribution is -2.42. The highest BCUT2D eigenvalue weighted by Crippen LogP contribution is 2.25. The maximum Gasteiger partial charge on any atom is 0.137 e. The SMILES string of the molecule is COc1ccc(CC2COCCN2)cc1Cl. The fourth-order valence-corrected chi connectivity index (χ4v) is 2.15. The minimum atomic E-state index is 0.387. The van der Waals surface area contributed by atoms with Crippen molar-refractivity contribution in [2.75, 3.05) is 26.9 Å². The molecule has 0 spiro atoms. The van der Waals surface area contributed by atoms with Crippen LogP contribution < -0.4 is 10.1 Å². The molecule has 0 amide bonds. The minimum Gasteiger partial charge on any atom is -0.495 e. The third kappa shape index (κ3) is 2.88. The molecule has 1 N–H and O–H groups in total. The van der Waals surface area contributed by atoms with Crippen LogP contribution in [0, 0.1) is 0 Å². The van der Waals surface area contributed by atoms with E-state index in [1.807, 2.05) is 18.2 Å². The van der Waals surface area contributed by atoms with Crippen molar-refractivity contribution in [2.24, 2.45) is 0 Å². The smallest absolute Gasteiger partial charge is 0.137 e. The molecule has 16 heavy (non-hydrogen) atoms. The molecule has 3 nitrogen and oxygen atoms in total. The van der Waals surface area contributed by atoms with Crippen LogP contribution in [0.15, 0.2) is 18.2 Å². The van der Waals surface area contributed by atoms with E-state index in [9.17, 15) is 0 Å². The van der Waals surface area contributed by atoms with Gasteiger partial charge in [0.25, 0.3) is 0 Å². The van der Waals surface area contributed by atoms with Crippen molar-refractivity contribution in [3.8, 4) is 5.75 Å². The van der Waals surface area contributed by atoms with Gasteiger partial charge >= 0.3 is 0 Å². The van der Waals surface area contributed by atoms with Gasteiger partial charge in [0.2, 0.25) is 0 Å². The van der Waals surface area contributed by atoms with Crippen LogP contribution in [0.25, 0.3) is 0 Å². The highest BCUT2D eigenvalue weighted by atomic mass is 35.5. The molecule has 1 heterocycles.